The Morgan fingerprint density at radius 2 is 1.93 bits per heavy atom. The van der Waals surface area contributed by atoms with Gasteiger partial charge in [0, 0.05) is 18.2 Å². The van der Waals surface area contributed by atoms with Gasteiger partial charge in [0.25, 0.3) is 5.56 Å². The molecule has 1 amide bonds. The Bertz CT molecular complexity index is 1040. The van der Waals surface area contributed by atoms with E-state index in [0.717, 1.165) is 18.4 Å². The van der Waals surface area contributed by atoms with Crippen LogP contribution in [0.4, 0.5) is 5.69 Å². The van der Waals surface area contributed by atoms with Crippen molar-refractivity contribution in [3.8, 4) is 5.75 Å². The van der Waals surface area contributed by atoms with Gasteiger partial charge in [-0.15, -0.1) is 0 Å². The maximum Gasteiger partial charge on any atom is 0.258 e. The molecule has 0 aliphatic heterocycles. The number of pyridine rings is 1. The number of hydrogen-bond acceptors (Lipinski definition) is 4. The van der Waals surface area contributed by atoms with Gasteiger partial charge in [-0.3, -0.25) is 14.0 Å². The first kappa shape index (κ1) is 19.6. The molecule has 0 atom stereocenters. The summed E-state index contributed by atoms with van der Waals surface area (Å²) in [6, 6.07) is 12.5. The average Bonchev–Trinajstić information content (AvgIpc) is 2.69. The van der Waals surface area contributed by atoms with E-state index in [4.69, 9.17) is 4.74 Å². The number of carbonyl (C=O) groups excluding carboxylic acids is 1. The molecule has 28 heavy (non-hydrogen) atoms. The summed E-state index contributed by atoms with van der Waals surface area (Å²) < 4.78 is 7.39. The summed E-state index contributed by atoms with van der Waals surface area (Å²) >= 11 is 0. The molecule has 0 fully saturated rings. The molecule has 1 aromatic carbocycles. The van der Waals surface area contributed by atoms with Crippen LogP contribution in [0.2, 0.25) is 0 Å². The molecule has 6 nitrogen and oxygen atoms in total. The Labute approximate surface area is 164 Å². The zero-order valence-electron chi connectivity index (χ0n) is 16.4. The minimum atomic E-state index is -0.150. The number of rotatable bonds is 7. The maximum absolute atomic E-state index is 12.4. The minimum Gasteiger partial charge on any atom is -0.485 e. The van der Waals surface area contributed by atoms with Gasteiger partial charge in [-0.1, -0.05) is 32.0 Å². The van der Waals surface area contributed by atoms with Crippen molar-refractivity contribution in [1.82, 2.24) is 9.38 Å². The molecule has 1 N–H and O–H groups in total. The van der Waals surface area contributed by atoms with Crippen LogP contribution in [0.1, 0.15) is 37.9 Å². The van der Waals surface area contributed by atoms with Gasteiger partial charge < -0.3 is 10.1 Å². The fourth-order valence-corrected chi connectivity index (χ4v) is 3.07. The number of aryl methyl sites for hydroxylation is 1. The summed E-state index contributed by atoms with van der Waals surface area (Å²) in [6.45, 7) is 6.07. The molecule has 2 aromatic heterocycles. The van der Waals surface area contributed by atoms with Crippen molar-refractivity contribution in [3.05, 3.63) is 70.3 Å². The summed E-state index contributed by atoms with van der Waals surface area (Å²) in [5.41, 5.74) is 2.57. The van der Waals surface area contributed by atoms with Gasteiger partial charge in [-0.25, -0.2) is 4.98 Å². The van der Waals surface area contributed by atoms with Crippen LogP contribution in [0.15, 0.2) is 53.5 Å². The van der Waals surface area contributed by atoms with E-state index in [1.165, 1.54) is 10.5 Å². The topological polar surface area (TPSA) is 72.7 Å². The molecular weight excluding hydrogens is 354 g/mol. The molecule has 0 saturated carbocycles. The molecule has 0 aliphatic carbocycles. The number of hydrogen-bond donors (Lipinski definition) is 1. The molecule has 2 heterocycles. The van der Waals surface area contributed by atoms with Crippen LogP contribution >= 0.6 is 0 Å². The first-order chi connectivity index (χ1) is 13.5. The SMILES string of the molecule is CCC(CC)C(=O)Nc1ccccc1OCc1cc(=O)n2cc(C)ccc2n1. The molecule has 0 unspecified atom stereocenters. The number of carbonyl (C=O) groups is 1. The summed E-state index contributed by atoms with van der Waals surface area (Å²) in [4.78, 5) is 29.2. The number of amides is 1. The highest BCUT2D eigenvalue weighted by atomic mass is 16.5. The van der Waals surface area contributed by atoms with E-state index in [1.807, 2.05) is 45.0 Å². The smallest absolute Gasteiger partial charge is 0.258 e. The van der Waals surface area contributed by atoms with Crippen LogP contribution in [0.25, 0.3) is 5.65 Å². The van der Waals surface area contributed by atoms with E-state index in [1.54, 1.807) is 18.3 Å². The molecule has 3 rings (SSSR count). The lowest BCUT2D eigenvalue weighted by atomic mass is 10.0. The predicted molar refractivity (Wildman–Crippen MR) is 110 cm³/mol. The Morgan fingerprint density at radius 3 is 2.68 bits per heavy atom. The lowest BCUT2D eigenvalue weighted by Gasteiger charge is -2.16. The molecule has 6 heteroatoms. The molecule has 0 spiro atoms. The fraction of sp³-hybridized carbons (Fsp3) is 0.318. The van der Waals surface area contributed by atoms with E-state index in [9.17, 15) is 9.59 Å². The average molecular weight is 379 g/mol. The minimum absolute atomic E-state index is 0.0153. The number of aromatic nitrogens is 2. The molecule has 0 radical (unpaired) electrons. The van der Waals surface area contributed by atoms with Gasteiger partial charge in [0.05, 0.1) is 11.4 Å². The van der Waals surface area contributed by atoms with Crippen molar-refractivity contribution in [2.24, 2.45) is 5.92 Å². The fourth-order valence-electron chi connectivity index (χ4n) is 3.07. The van der Waals surface area contributed by atoms with Crippen molar-refractivity contribution >= 4 is 17.2 Å². The van der Waals surface area contributed by atoms with Crippen LogP contribution in [0, 0.1) is 12.8 Å². The van der Waals surface area contributed by atoms with Crippen LogP contribution in [0.5, 0.6) is 5.75 Å². The van der Waals surface area contributed by atoms with E-state index in [2.05, 4.69) is 10.3 Å². The molecule has 0 aliphatic rings. The van der Waals surface area contributed by atoms with Gasteiger partial charge in [0.2, 0.25) is 5.91 Å². The van der Waals surface area contributed by atoms with Crippen molar-refractivity contribution in [3.63, 3.8) is 0 Å². The Balaban J connectivity index is 1.78. The van der Waals surface area contributed by atoms with E-state index in [0.29, 0.717) is 22.8 Å². The summed E-state index contributed by atoms with van der Waals surface area (Å²) in [5.74, 6) is 0.505. The van der Waals surface area contributed by atoms with Gasteiger partial charge in [0.15, 0.2) is 0 Å². The third-order valence-electron chi connectivity index (χ3n) is 4.74. The van der Waals surface area contributed by atoms with Gasteiger partial charge in [-0.05, 0) is 43.5 Å². The largest absolute Gasteiger partial charge is 0.485 e. The van der Waals surface area contributed by atoms with Crippen LogP contribution in [-0.2, 0) is 11.4 Å². The maximum atomic E-state index is 12.4. The summed E-state index contributed by atoms with van der Waals surface area (Å²) in [5, 5.41) is 2.95. The number of para-hydroxylation sites is 2. The Hall–Kier alpha value is -3.15. The van der Waals surface area contributed by atoms with Gasteiger partial charge in [0.1, 0.15) is 18.0 Å². The highest BCUT2D eigenvalue weighted by Gasteiger charge is 2.16. The number of ether oxygens (including phenoxy) is 1. The monoisotopic (exact) mass is 379 g/mol. The molecule has 0 saturated heterocycles. The summed E-state index contributed by atoms with van der Waals surface area (Å²) in [7, 11) is 0. The first-order valence-electron chi connectivity index (χ1n) is 9.53. The van der Waals surface area contributed by atoms with Crippen LogP contribution in [-0.4, -0.2) is 15.3 Å². The highest BCUT2D eigenvalue weighted by Crippen LogP contribution is 2.25. The second-order valence-electron chi connectivity index (χ2n) is 6.81. The predicted octanol–water partition coefficient (Wildman–Crippen LogP) is 3.96. The first-order valence-corrected chi connectivity index (χ1v) is 9.53. The zero-order valence-corrected chi connectivity index (χ0v) is 16.4. The van der Waals surface area contributed by atoms with Crippen molar-refractivity contribution < 1.29 is 9.53 Å². The third kappa shape index (κ3) is 4.39. The van der Waals surface area contributed by atoms with Crippen molar-refractivity contribution in [2.45, 2.75) is 40.2 Å². The molecular formula is C22H25N3O3. The Morgan fingerprint density at radius 1 is 1.18 bits per heavy atom. The zero-order chi connectivity index (χ0) is 20.1. The van der Waals surface area contributed by atoms with Gasteiger partial charge >= 0.3 is 0 Å². The van der Waals surface area contributed by atoms with E-state index >= 15 is 0 Å². The summed E-state index contributed by atoms with van der Waals surface area (Å²) in [6.07, 6.45) is 3.34. The second kappa shape index (κ2) is 8.69. The number of nitrogens with one attached hydrogen (secondary N) is 1. The quantitative estimate of drug-likeness (QED) is 0.674. The highest BCUT2D eigenvalue weighted by molar-refractivity contribution is 5.93. The number of nitrogens with zero attached hydrogens (tertiary/aromatic N) is 2. The lowest BCUT2D eigenvalue weighted by Crippen LogP contribution is -2.22. The van der Waals surface area contributed by atoms with E-state index in [-0.39, 0.29) is 24.0 Å². The van der Waals surface area contributed by atoms with Crippen LogP contribution in [0.3, 0.4) is 0 Å². The Kier molecular flexibility index (Phi) is 6.09. The van der Waals surface area contributed by atoms with Gasteiger partial charge in [-0.2, -0.15) is 0 Å². The second-order valence-corrected chi connectivity index (χ2v) is 6.81. The lowest BCUT2D eigenvalue weighted by molar-refractivity contribution is -0.120. The van der Waals surface area contributed by atoms with E-state index < -0.39 is 0 Å². The standard InChI is InChI=1S/C22H25N3O3/c1-4-16(5-2)22(27)24-18-8-6-7-9-19(18)28-14-17-12-21(26)25-13-15(3)10-11-20(25)23-17/h6-13,16H,4-5,14H2,1-3H3,(H,24,27). The molecule has 3 aromatic rings. The normalized spacial score (nSPS) is 11.0. The van der Waals surface area contributed by atoms with Crippen molar-refractivity contribution in [2.75, 3.05) is 5.32 Å². The number of benzene rings is 1. The van der Waals surface area contributed by atoms with Crippen LogP contribution < -0.4 is 15.6 Å². The number of fused-ring (bicyclic) bond motifs is 1. The number of anilines is 1. The molecule has 146 valence electrons. The third-order valence-corrected chi connectivity index (χ3v) is 4.74. The molecule has 0 bridgehead atoms. The van der Waals surface area contributed by atoms with Crippen molar-refractivity contribution in [1.29, 1.82) is 0 Å².